The first-order chi connectivity index (χ1) is 13.3. The lowest BCUT2D eigenvalue weighted by molar-refractivity contribution is -0.143. The fourth-order valence-corrected chi connectivity index (χ4v) is 4.49. The third-order valence-electron chi connectivity index (χ3n) is 4.64. The summed E-state index contributed by atoms with van der Waals surface area (Å²) in [5.41, 5.74) is 1.01. The molecule has 0 aliphatic carbocycles. The summed E-state index contributed by atoms with van der Waals surface area (Å²) in [5.74, 6) is 0.472. The van der Waals surface area contributed by atoms with Crippen molar-refractivity contribution >= 4 is 34.5 Å². The van der Waals surface area contributed by atoms with Crippen LogP contribution in [0.25, 0.3) is 10.9 Å². The maximum atomic E-state index is 12.9. The Morgan fingerprint density at radius 1 is 1.21 bits per heavy atom. The molecule has 0 saturated carbocycles. The zero-order chi connectivity index (χ0) is 20.3. The van der Waals surface area contributed by atoms with Crippen molar-refractivity contribution in [2.45, 2.75) is 57.4 Å². The van der Waals surface area contributed by atoms with Gasteiger partial charge in [-0.05, 0) is 33.8 Å². The molecule has 1 aliphatic heterocycles. The summed E-state index contributed by atoms with van der Waals surface area (Å²) in [6, 6.07) is 8.15. The molecule has 6 nitrogen and oxygen atoms in total. The summed E-state index contributed by atoms with van der Waals surface area (Å²) in [5, 5.41) is 3.98. The van der Waals surface area contributed by atoms with E-state index in [9.17, 15) is 9.59 Å². The number of para-hydroxylation sites is 1. The van der Waals surface area contributed by atoms with Crippen molar-refractivity contribution in [1.82, 2.24) is 14.8 Å². The van der Waals surface area contributed by atoms with E-state index in [0.29, 0.717) is 25.4 Å². The first kappa shape index (κ1) is 20.7. The van der Waals surface area contributed by atoms with Gasteiger partial charge in [0.05, 0.1) is 18.0 Å². The second kappa shape index (κ2) is 9.01. The van der Waals surface area contributed by atoms with Gasteiger partial charge in [-0.1, -0.05) is 18.2 Å². The van der Waals surface area contributed by atoms with Gasteiger partial charge in [-0.2, -0.15) is 0 Å². The van der Waals surface area contributed by atoms with Gasteiger partial charge in [-0.25, -0.2) is 0 Å². The number of thioether (sulfide) groups is 1. The molecule has 0 bridgehead atoms. The minimum absolute atomic E-state index is 0.0178. The number of fused-ring (bicyclic) bond motifs is 1. The van der Waals surface area contributed by atoms with Crippen molar-refractivity contribution in [2.24, 2.45) is 0 Å². The number of amides is 2. The van der Waals surface area contributed by atoms with Crippen molar-refractivity contribution in [1.29, 1.82) is 0 Å². The molecule has 1 N–H and O–H groups in total. The molecule has 0 unspecified atom stereocenters. The van der Waals surface area contributed by atoms with Crippen LogP contribution in [0.2, 0.25) is 0 Å². The van der Waals surface area contributed by atoms with Gasteiger partial charge >= 0.3 is 0 Å². The van der Waals surface area contributed by atoms with Crippen molar-refractivity contribution in [2.75, 3.05) is 18.8 Å². The molecular weight excluding hydrogens is 374 g/mol. The molecule has 0 spiro atoms. The molecule has 2 aromatic rings. The van der Waals surface area contributed by atoms with Gasteiger partial charge < -0.3 is 19.5 Å². The third kappa shape index (κ3) is 5.08. The summed E-state index contributed by atoms with van der Waals surface area (Å²) in [4.78, 5) is 27.8. The highest BCUT2D eigenvalue weighted by Gasteiger charge is 2.26. The van der Waals surface area contributed by atoms with Gasteiger partial charge in [0.25, 0.3) is 0 Å². The summed E-state index contributed by atoms with van der Waals surface area (Å²) in [7, 11) is 0. The predicted octanol–water partition coefficient (Wildman–Crippen LogP) is 2.89. The van der Waals surface area contributed by atoms with Crippen LogP contribution in [-0.2, 0) is 20.9 Å². The maximum Gasteiger partial charge on any atom is 0.242 e. The van der Waals surface area contributed by atoms with E-state index < -0.39 is 0 Å². The van der Waals surface area contributed by atoms with Crippen LogP contribution in [-0.4, -0.2) is 58.4 Å². The molecule has 0 radical (unpaired) electrons. The molecule has 1 fully saturated rings. The molecule has 2 heterocycles. The van der Waals surface area contributed by atoms with Crippen molar-refractivity contribution < 1.29 is 14.3 Å². The van der Waals surface area contributed by atoms with Crippen LogP contribution in [0.4, 0.5) is 0 Å². The summed E-state index contributed by atoms with van der Waals surface area (Å²) in [6.07, 6.45) is 2.10. The Morgan fingerprint density at radius 3 is 2.57 bits per heavy atom. The summed E-state index contributed by atoms with van der Waals surface area (Å²) in [6.45, 7) is 9.44. The number of morpholine rings is 1. The number of nitrogens with one attached hydrogen (secondary N) is 1. The first-order valence-corrected chi connectivity index (χ1v) is 10.7. The normalized spacial score (nSPS) is 20.0. The number of aromatic nitrogens is 1. The van der Waals surface area contributed by atoms with Gasteiger partial charge in [0, 0.05) is 41.1 Å². The van der Waals surface area contributed by atoms with E-state index in [0.717, 1.165) is 15.8 Å². The van der Waals surface area contributed by atoms with Crippen LogP contribution < -0.4 is 5.32 Å². The first-order valence-electron chi connectivity index (χ1n) is 9.76. The second-order valence-electron chi connectivity index (χ2n) is 7.71. The van der Waals surface area contributed by atoms with Crippen LogP contribution in [0.5, 0.6) is 0 Å². The summed E-state index contributed by atoms with van der Waals surface area (Å²) < 4.78 is 7.72. The van der Waals surface area contributed by atoms with Crippen LogP contribution in [0.3, 0.4) is 0 Å². The maximum absolute atomic E-state index is 12.9. The number of carbonyl (C=O) groups is 2. The zero-order valence-electron chi connectivity index (χ0n) is 17.0. The number of rotatable bonds is 6. The van der Waals surface area contributed by atoms with E-state index in [1.54, 1.807) is 0 Å². The Labute approximate surface area is 170 Å². The van der Waals surface area contributed by atoms with E-state index in [1.807, 2.05) is 67.6 Å². The number of hydrogen-bond donors (Lipinski definition) is 1. The minimum Gasteiger partial charge on any atom is -0.372 e. The third-order valence-corrected chi connectivity index (χ3v) is 5.68. The van der Waals surface area contributed by atoms with E-state index in [1.165, 1.54) is 11.8 Å². The number of hydrogen-bond acceptors (Lipinski definition) is 4. The van der Waals surface area contributed by atoms with Gasteiger partial charge in [-0.15, -0.1) is 11.8 Å². The largest absolute Gasteiger partial charge is 0.372 e. The Kier molecular flexibility index (Phi) is 6.67. The highest BCUT2D eigenvalue weighted by atomic mass is 32.2. The quantitative estimate of drug-likeness (QED) is 0.754. The van der Waals surface area contributed by atoms with Crippen LogP contribution in [0, 0.1) is 0 Å². The SMILES string of the molecule is CC(C)NC(=O)CSc1cn(CC(=O)N2C[C@@H](C)O[C@@H](C)C2)c2ccccc12. The minimum atomic E-state index is 0.0178. The molecule has 1 saturated heterocycles. The highest BCUT2D eigenvalue weighted by Crippen LogP contribution is 2.30. The van der Waals surface area contributed by atoms with Gasteiger partial charge in [-0.3, -0.25) is 9.59 Å². The number of carbonyl (C=O) groups excluding carboxylic acids is 2. The average molecular weight is 404 g/mol. The highest BCUT2D eigenvalue weighted by molar-refractivity contribution is 8.00. The molecule has 1 aromatic carbocycles. The number of nitrogens with zero attached hydrogens (tertiary/aromatic N) is 2. The van der Waals surface area contributed by atoms with Crippen molar-refractivity contribution in [3.63, 3.8) is 0 Å². The average Bonchev–Trinajstić information content (AvgIpc) is 2.96. The fraction of sp³-hybridized carbons (Fsp3) is 0.524. The van der Waals surface area contributed by atoms with Gasteiger partial charge in [0.1, 0.15) is 6.54 Å². The molecule has 152 valence electrons. The second-order valence-corrected chi connectivity index (χ2v) is 8.72. The topological polar surface area (TPSA) is 63.6 Å². The monoisotopic (exact) mass is 403 g/mol. The molecule has 7 heteroatoms. The lowest BCUT2D eigenvalue weighted by atomic mass is 10.2. The molecular formula is C21H29N3O3S. The standard InChI is InChI=1S/C21H29N3O3S/c1-14(2)22-20(25)13-28-19-11-23(18-8-6-5-7-17(18)19)12-21(26)24-9-15(3)27-16(4)10-24/h5-8,11,14-16H,9-10,12-13H2,1-4H3,(H,22,25)/t15-,16+. The fourth-order valence-electron chi connectivity index (χ4n) is 3.59. The Hall–Kier alpha value is -1.99. The van der Waals surface area contributed by atoms with E-state index in [4.69, 9.17) is 4.74 Å². The van der Waals surface area contributed by atoms with E-state index >= 15 is 0 Å². The zero-order valence-corrected chi connectivity index (χ0v) is 17.8. The Balaban J connectivity index is 1.74. The van der Waals surface area contributed by atoms with Crippen molar-refractivity contribution in [3.05, 3.63) is 30.5 Å². The molecule has 1 aromatic heterocycles. The van der Waals surface area contributed by atoms with Gasteiger partial charge in [0.2, 0.25) is 11.8 Å². The number of benzene rings is 1. The lowest BCUT2D eigenvalue weighted by Crippen LogP contribution is -2.49. The molecule has 2 amide bonds. The Morgan fingerprint density at radius 2 is 1.89 bits per heavy atom. The molecule has 2 atom stereocenters. The number of ether oxygens (including phenoxy) is 1. The van der Waals surface area contributed by atoms with E-state index in [2.05, 4.69) is 5.32 Å². The van der Waals surface area contributed by atoms with Crippen molar-refractivity contribution in [3.8, 4) is 0 Å². The molecule has 3 rings (SSSR count). The summed E-state index contributed by atoms with van der Waals surface area (Å²) >= 11 is 1.51. The van der Waals surface area contributed by atoms with Crippen LogP contribution in [0.1, 0.15) is 27.7 Å². The lowest BCUT2D eigenvalue weighted by Gasteiger charge is -2.35. The Bertz CT molecular complexity index is 839. The van der Waals surface area contributed by atoms with Crippen LogP contribution >= 0.6 is 11.8 Å². The predicted molar refractivity (Wildman–Crippen MR) is 113 cm³/mol. The van der Waals surface area contributed by atoms with Gasteiger partial charge in [0.15, 0.2) is 0 Å². The van der Waals surface area contributed by atoms with Crippen LogP contribution in [0.15, 0.2) is 35.4 Å². The van der Waals surface area contributed by atoms with E-state index in [-0.39, 0.29) is 30.1 Å². The molecule has 1 aliphatic rings. The molecule has 28 heavy (non-hydrogen) atoms. The smallest absolute Gasteiger partial charge is 0.242 e.